The van der Waals surface area contributed by atoms with Gasteiger partial charge in [0.15, 0.2) is 0 Å². The van der Waals surface area contributed by atoms with Crippen molar-refractivity contribution in [1.29, 1.82) is 0 Å². The van der Waals surface area contributed by atoms with E-state index in [1.807, 2.05) is 28.8 Å². The molecule has 154 valence electrons. The average molecular weight is 398 g/mol. The van der Waals surface area contributed by atoms with Gasteiger partial charge in [-0.15, -0.1) is 0 Å². The second-order valence-electron chi connectivity index (χ2n) is 7.23. The number of para-hydroxylation sites is 2. The van der Waals surface area contributed by atoms with Crippen molar-refractivity contribution in [2.24, 2.45) is 0 Å². The lowest BCUT2D eigenvalue weighted by molar-refractivity contribution is -0.140. The number of carbonyl (C=O) groups excluding carboxylic acids is 1. The van der Waals surface area contributed by atoms with Crippen molar-refractivity contribution in [3.05, 3.63) is 70.4 Å². The van der Waals surface area contributed by atoms with Crippen LogP contribution in [0.4, 0.5) is 4.39 Å². The maximum atomic E-state index is 13.2. The summed E-state index contributed by atoms with van der Waals surface area (Å²) in [6.45, 7) is 1.08. The van der Waals surface area contributed by atoms with E-state index >= 15 is 0 Å². The number of carbonyl (C=O) groups is 1. The number of rotatable bonds is 10. The topological polar surface area (TPSA) is 53.2 Å². The highest BCUT2D eigenvalue weighted by Gasteiger charge is 2.13. The molecule has 29 heavy (non-hydrogen) atoms. The Balaban J connectivity index is 1.64. The summed E-state index contributed by atoms with van der Waals surface area (Å²) in [4.78, 5) is 24.2. The molecule has 0 spiro atoms. The summed E-state index contributed by atoms with van der Waals surface area (Å²) < 4.78 is 21.4. The first kappa shape index (κ1) is 20.8. The Hall–Kier alpha value is -2.89. The molecule has 0 aliphatic carbocycles. The molecule has 1 aromatic heterocycles. The van der Waals surface area contributed by atoms with Gasteiger partial charge in [-0.2, -0.15) is 0 Å². The molecule has 0 radical (unpaired) electrons. The molecule has 0 fully saturated rings. The molecule has 0 N–H and O–H groups in total. The first-order valence-electron chi connectivity index (χ1n) is 10.1. The van der Waals surface area contributed by atoms with Crippen LogP contribution in [0.5, 0.6) is 0 Å². The van der Waals surface area contributed by atoms with Gasteiger partial charge in [-0.1, -0.05) is 43.5 Å². The van der Waals surface area contributed by atoms with Crippen molar-refractivity contribution in [1.82, 2.24) is 9.13 Å². The predicted molar refractivity (Wildman–Crippen MR) is 111 cm³/mol. The Labute approximate surface area is 169 Å². The van der Waals surface area contributed by atoms with Crippen molar-refractivity contribution in [3.8, 4) is 0 Å². The van der Waals surface area contributed by atoms with E-state index < -0.39 is 0 Å². The monoisotopic (exact) mass is 398 g/mol. The van der Waals surface area contributed by atoms with Gasteiger partial charge in [0.05, 0.1) is 24.7 Å². The molecule has 1 heterocycles. The second-order valence-corrected chi connectivity index (χ2v) is 7.23. The van der Waals surface area contributed by atoms with Gasteiger partial charge in [-0.25, -0.2) is 9.18 Å². The Kier molecular flexibility index (Phi) is 7.22. The standard InChI is InChI=1S/C23H27FN2O3/c1-29-22(27)11-5-3-2-4-8-16-25-20-9-6-7-10-21(20)26(23(25)28)17-18-12-14-19(24)15-13-18/h6-7,9-10,12-15H,2-5,8,11,16-17H2,1H3. The van der Waals surface area contributed by atoms with Gasteiger partial charge in [0, 0.05) is 13.0 Å². The molecule has 3 rings (SSSR count). The molecule has 0 aliphatic heterocycles. The molecule has 0 saturated heterocycles. The zero-order valence-electron chi connectivity index (χ0n) is 16.8. The highest BCUT2D eigenvalue weighted by Crippen LogP contribution is 2.16. The van der Waals surface area contributed by atoms with E-state index in [1.165, 1.54) is 19.2 Å². The van der Waals surface area contributed by atoms with E-state index in [0.717, 1.165) is 48.7 Å². The number of fused-ring (bicyclic) bond motifs is 1. The minimum absolute atomic E-state index is 0.0405. The van der Waals surface area contributed by atoms with E-state index in [-0.39, 0.29) is 17.5 Å². The molecule has 2 aromatic carbocycles. The van der Waals surface area contributed by atoms with Gasteiger partial charge in [0.2, 0.25) is 0 Å². The normalized spacial score (nSPS) is 11.1. The van der Waals surface area contributed by atoms with Crippen LogP contribution in [0.1, 0.15) is 44.1 Å². The fourth-order valence-corrected chi connectivity index (χ4v) is 3.59. The zero-order chi connectivity index (χ0) is 20.6. The van der Waals surface area contributed by atoms with Gasteiger partial charge < -0.3 is 4.74 Å². The van der Waals surface area contributed by atoms with Gasteiger partial charge in [-0.05, 0) is 42.7 Å². The molecule has 0 amide bonds. The molecule has 5 nitrogen and oxygen atoms in total. The summed E-state index contributed by atoms with van der Waals surface area (Å²) in [6.07, 6.45) is 5.22. The number of esters is 1. The number of nitrogens with zero attached hydrogens (tertiary/aromatic N) is 2. The SMILES string of the molecule is COC(=O)CCCCCCCn1c(=O)n(Cc2ccc(F)cc2)c2ccccc21. The van der Waals surface area contributed by atoms with Crippen LogP contribution in [0, 0.1) is 5.82 Å². The fourth-order valence-electron chi connectivity index (χ4n) is 3.59. The lowest BCUT2D eigenvalue weighted by Gasteiger charge is -2.04. The van der Waals surface area contributed by atoms with Crippen molar-refractivity contribution >= 4 is 17.0 Å². The first-order valence-corrected chi connectivity index (χ1v) is 10.1. The number of ether oxygens (including phenoxy) is 1. The predicted octanol–water partition coefficient (Wildman–Crippen LogP) is 4.50. The van der Waals surface area contributed by atoms with Crippen molar-refractivity contribution in [2.45, 2.75) is 51.6 Å². The maximum absolute atomic E-state index is 13.2. The number of halogens is 1. The Morgan fingerprint density at radius 2 is 1.52 bits per heavy atom. The average Bonchev–Trinajstić information content (AvgIpc) is 3.00. The third-order valence-corrected chi connectivity index (χ3v) is 5.17. The van der Waals surface area contributed by atoms with E-state index in [0.29, 0.717) is 19.5 Å². The number of imidazole rings is 1. The summed E-state index contributed by atoms with van der Waals surface area (Å²) >= 11 is 0. The van der Waals surface area contributed by atoms with Crippen LogP contribution >= 0.6 is 0 Å². The number of benzene rings is 2. The molecule has 3 aromatic rings. The largest absolute Gasteiger partial charge is 0.469 e. The lowest BCUT2D eigenvalue weighted by atomic mass is 10.1. The number of aryl methyl sites for hydroxylation is 1. The third-order valence-electron chi connectivity index (χ3n) is 5.17. The van der Waals surface area contributed by atoms with Crippen LogP contribution in [-0.4, -0.2) is 22.2 Å². The van der Waals surface area contributed by atoms with Crippen LogP contribution in [0.3, 0.4) is 0 Å². The molecule has 0 saturated carbocycles. The lowest BCUT2D eigenvalue weighted by Crippen LogP contribution is -2.25. The van der Waals surface area contributed by atoms with Crippen LogP contribution in [0.25, 0.3) is 11.0 Å². The minimum Gasteiger partial charge on any atom is -0.469 e. The summed E-state index contributed by atoms with van der Waals surface area (Å²) in [7, 11) is 1.41. The molecule has 0 bridgehead atoms. The summed E-state index contributed by atoms with van der Waals surface area (Å²) in [5.74, 6) is -0.444. The maximum Gasteiger partial charge on any atom is 0.329 e. The first-order chi connectivity index (χ1) is 14.1. The Morgan fingerprint density at radius 1 is 0.897 bits per heavy atom. The minimum atomic E-state index is -0.282. The zero-order valence-corrected chi connectivity index (χ0v) is 16.8. The van der Waals surface area contributed by atoms with Crippen LogP contribution in [0.15, 0.2) is 53.3 Å². The number of methoxy groups -OCH3 is 1. The highest BCUT2D eigenvalue weighted by molar-refractivity contribution is 5.76. The smallest absolute Gasteiger partial charge is 0.329 e. The van der Waals surface area contributed by atoms with Gasteiger partial charge in [0.1, 0.15) is 5.82 Å². The molecule has 0 atom stereocenters. The van der Waals surface area contributed by atoms with Crippen molar-refractivity contribution in [3.63, 3.8) is 0 Å². The van der Waals surface area contributed by atoms with Crippen LogP contribution < -0.4 is 5.69 Å². The van der Waals surface area contributed by atoms with Crippen LogP contribution in [-0.2, 0) is 22.6 Å². The highest BCUT2D eigenvalue weighted by atomic mass is 19.1. The fraction of sp³-hybridized carbons (Fsp3) is 0.391. The summed E-state index contributed by atoms with van der Waals surface area (Å²) in [6, 6.07) is 14.0. The Bertz CT molecular complexity index is 1010. The van der Waals surface area contributed by atoms with E-state index in [1.54, 1.807) is 16.7 Å². The molecule has 0 unspecified atom stereocenters. The van der Waals surface area contributed by atoms with Gasteiger partial charge in [-0.3, -0.25) is 13.9 Å². The van der Waals surface area contributed by atoms with Crippen molar-refractivity contribution in [2.75, 3.05) is 7.11 Å². The number of hydrogen-bond donors (Lipinski definition) is 0. The third kappa shape index (κ3) is 5.34. The molecule has 6 heteroatoms. The van der Waals surface area contributed by atoms with E-state index in [4.69, 9.17) is 0 Å². The molecular formula is C23H27FN2O3. The quantitative estimate of drug-likeness (QED) is 0.373. The Morgan fingerprint density at radius 3 is 2.21 bits per heavy atom. The number of unbranched alkanes of at least 4 members (excludes halogenated alkanes) is 4. The van der Waals surface area contributed by atoms with E-state index in [9.17, 15) is 14.0 Å². The van der Waals surface area contributed by atoms with Gasteiger partial charge >= 0.3 is 11.7 Å². The van der Waals surface area contributed by atoms with Crippen LogP contribution in [0.2, 0.25) is 0 Å². The molecular weight excluding hydrogens is 371 g/mol. The number of aromatic nitrogens is 2. The van der Waals surface area contributed by atoms with E-state index in [2.05, 4.69) is 4.74 Å². The molecule has 0 aliphatic rings. The summed E-state index contributed by atoms with van der Waals surface area (Å²) in [5.41, 5.74) is 2.66. The van der Waals surface area contributed by atoms with Crippen molar-refractivity contribution < 1.29 is 13.9 Å². The second kappa shape index (κ2) is 10.0. The summed E-state index contributed by atoms with van der Waals surface area (Å²) in [5, 5.41) is 0. The van der Waals surface area contributed by atoms with Gasteiger partial charge in [0.25, 0.3) is 0 Å². The number of hydrogen-bond acceptors (Lipinski definition) is 3.